The Bertz CT molecular complexity index is 759. The quantitative estimate of drug-likeness (QED) is 0.493. The van der Waals surface area contributed by atoms with Crippen molar-refractivity contribution in [2.24, 2.45) is 0 Å². The summed E-state index contributed by atoms with van der Waals surface area (Å²) >= 11 is 0. The summed E-state index contributed by atoms with van der Waals surface area (Å²) in [6.45, 7) is 11.8. The van der Waals surface area contributed by atoms with E-state index in [1.54, 1.807) is 24.4 Å². The van der Waals surface area contributed by atoms with Crippen LogP contribution in [-0.4, -0.2) is 30.7 Å². The fourth-order valence-electron chi connectivity index (χ4n) is 2.25. The van der Waals surface area contributed by atoms with Gasteiger partial charge < -0.3 is 10.6 Å². The molecule has 1 heterocycles. The Morgan fingerprint density at radius 3 is 2.46 bits per heavy atom. The molecule has 0 aliphatic heterocycles. The van der Waals surface area contributed by atoms with Gasteiger partial charge in [-0.2, -0.15) is 4.98 Å². The van der Waals surface area contributed by atoms with Gasteiger partial charge in [-0.3, -0.25) is 9.11 Å². The molecule has 0 fully saturated rings. The molecule has 0 saturated carbocycles. The minimum absolute atomic E-state index is 0.0493. The maximum Gasteiger partial charge on any atom is 0.225 e. The van der Waals surface area contributed by atoms with Gasteiger partial charge in [0, 0.05) is 29.0 Å². The lowest BCUT2D eigenvalue weighted by Crippen LogP contribution is -2.27. The summed E-state index contributed by atoms with van der Waals surface area (Å²) in [6, 6.07) is 6.98. The SMILES string of the molecule is Cc1cnc(NC(C)(C)C)nc1Nc1cccc(S(O)(O)NC(C)C)c1. The molecule has 144 valence electrons. The number of aromatic nitrogens is 2. The largest absolute Gasteiger partial charge is 0.350 e. The standard InChI is InChI=1S/C18H29N5O2S/c1-12(2)23-26(24,25)15-9-7-8-14(10-15)20-16-13(3)11-19-17(21-16)22-18(4,5)6/h7-12,23-25H,1-6H3,(H2,19,20,21,22). The molecule has 0 saturated heterocycles. The zero-order valence-corrected chi connectivity index (χ0v) is 17.0. The maximum absolute atomic E-state index is 10.3. The molecule has 0 atom stereocenters. The highest BCUT2D eigenvalue weighted by atomic mass is 32.3. The first kappa shape index (κ1) is 20.4. The third kappa shape index (κ3) is 5.84. The van der Waals surface area contributed by atoms with Crippen molar-refractivity contribution in [2.45, 2.75) is 58.0 Å². The molecular formula is C18H29N5O2S. The monoisotopic (exact) mass is 379 g/mol. The van der Waals surface area contributed by atoms with Crippen LogP contribution in [0.1, 0.15) is 40.2 Å². The molecule has 7 nitrogen and oxygen atoms in total. The Morgan fingerprint density at radius 2 is 1.85 bits per heavy atom. The number of hydrogen-bond donors (Lipinski definition) is 5. The maximum atomic E-state index is 10.3. The highest BCUT2D eigenvalue weighted by Gasteiger charge is 2.17. The van der Waals surface area contributed by atoms with E-state index in [0.717, 1.165) is 11.3 Å². The molecule has 1 aromatic carbocycles. The highest BCUT2D eigenvalue weighted by Crippen LogP contribution is 2.45. The number of anilines is 3. The van der Waals surface area contributed by atoms with Gasteiger partial charge in [-0.1, -0.05) is 6.07 Å². The van der Waals surface area contributed by atoms with E-state index in [1.807, 2.05) is 47.6 Å². The Balaban J connectivity index is 2.26. The second kappa shape index (κ2) is 7.79. The molecule has 0 spiro atoms. The molecule has 5 N–H and O–H groups in total. The molecule has 26 heavy (non-hydrogen) atoms. The van der Waals surface area contributed by atoms with Crippen LogP contribution >= 0.6 is 10.8 Å². The van der Waals surface area contributed by atoms with Crippen LogP contribution < -0.4 is 15.4 Å². The van der Waals surface area contributed by atoms with Crippen molar-refractivity contribution in [3.05, 3.63) is 36.0 Å². The van der Waals surface area contributed by atoms with Crippen molar-refractivity contribution < 1.29 is 9.11 Å². The first-order valence-corrected chi connectivity index (χ1v) is 10.1. The van der Waals surface area contributed by atoms with E-state index in [0.29, 0.717) is 16.7 Å². The van der Waals surface area contributed by atoms with E-state index in [-0.39, 0.29) is 11.6 Å². The van der Waals surface area contributed by atoms with Crippen molar-refractivity contribution >= 4 is 28.2 Å². The normalized spacial score (nSPS) is 13.0. The van der Waals surface area contributed by atoms with Gasteiger partial charge in [0.2, 0.25) is 5.95 Å². The molecule has 8 heteroatoms. The summed E-state index contributed by atoms with van der Waals surface area (Å²) in [6.07, 6.45) is 1.75. The predicted octanol–water partition coefficient (Wildman–Crippen LogP) is 4.76. The number of aryl methyl sites for hydroxylation is 1. The number of benzene rings is 1. The lowest BCUT2D eigenvalue weighted by atomic mass is 10.1. The van der Waals surface area contributed by atoms with Crippen LogP contribution in [0.4, 0.5) is 17.5 Å². The Kier molecular flexibility index (Phi) is 6.13. The molecule has 2 rings (SSSR count). The molecule has 1 aromatic heterocycles. The summed E-state index contributed by atoms with van der Waals surface area (Å²) in [7, 11) is -3.05. The van der Waals surface area contributed by atoms with Gasteiger partial charge in [-0.05, 0) is 59.7 Å². The van der Waals surface area contributed by atoms with Crippen LogP contribution in [0.2, 0.25) is 0 Å². The van der Waals surface area contributed by atoms with E-state index >= 15 is 0 Å². The van der Waals surface area contributed by atoms with Crippen LogP contribution in [0.25, 0.3) is 0 Å². The Morgan fingerprint density at radius 1 is 1.15 bits per heavy atom. The smallest absolute Gasteiger partial charge is 0.225 e. The predicted molar refractivity (Wildman–Crippen MR) is 109 cm³/mol. The van der Waals surface area contributed by atoms with E-state index in [2.05, 4.69) is 25.3 Å². The van der Waals surface area contributed by atoms with Crippen molar-refractivity contribution in [1.82, 2.24) is 14.7 Å². The second-order valence-electron chi connectivity index (χ2n) is 7.57. The molecule has 0 radical (unpaired) electrons. The molecule has 0 amide bonds. The molecule has 2 aromatic rings. The third-order valence-electron chi connectivity index (χ3n) is 3.28. The topological polar surface area (TPSA) is 102 Å². The molecule has 0 bridgehead atoms. The van der Waals surface area contributed by atoms with Gasteiger partial charge in [-0.25, -0.2) is 9.71 Å². The summed E-state index contributed by atoms with van der Waals surface area (Å²) in [5.74, 6) is 1.20. The average molecular weight is 380 g/mol. The van der Waals surface area contributed by atoms with Crippen LogP contribution in [0.3, 0.4) is 0 Å². The van der Waals surface area contributed by atoms with E-state index < -0.39 is 10.8 Å². The zero-order valence-electron chi connectivity index (χ0n) is 16.2. The number of nitrogens with one attached hydrogen (secondary N) is 3. The summed E-state index contributed by atoms with van der Waals surface area (Å²) in [5, 5.41) is 6.48. The lowest BCUT2D eigenvalue weighted by molar-refractivity contribution is 0.461. The van der Waals surface area contributed by atoms with E-state index in [4.69, 9.17) is 0 Å². The molecule has 0 aliphatic carbocycles. The van der Waals surface area contributed by atoms with E-state index in [1.165, 1.54) is 0 Å². The Hall–Kier alpha value is -1.87. The van der Waals surface area contributed by atoms with Crippen LogP contribution in [0, 0.1) is 6.92 Å². The van der Waals surface area contributed by atoms with Gasteiger partial charge in [0.05, 0.1) is 4.90 Å². The van der Waals surface area contributed by atoms with E-state index in [9.17, 15) is 9.11 Å². The second-order valence-corrected chi connectivity index (χ2v) is 9.38. The van der Waals surface area contributed by atoms with Gasteiger partial charge >= 0.3 is 0 Å². The van der Waals surface area contributed by atoms with Crippen LogP contribution in [-0.2, 0) is 0 Å². The van der Waals surface area contributed by atoms with Gasteiger partial charge in [0.25, 0.3) is 0 Å². The molecule has 0 aliphatic rings. The van der Waals surface area contributed by atoms with Crippen molar-refractivity contribution in [3.63, 3.8) is 0 Å². The Labute approximate surface area is 157 Å². The first-order chi connectivity index (χ1) is 12.0. The third-order valence-corrected chi connectivity index (χ3v) is 5.00. The first-order valence-electron chi connectivity index (χ1n) is 8.51. The number of rotatable bonds is 6. The van der Waals surface area contributed by atoms with Crippen LogP contribution in [0.15, 0.2) is 35.4 Å². The van der Waals surface area contributed by atoms with Crippen molar-refractivity contribution in [1.29, 1.82) is 0 Å². The summed E-state index contributed by atoms with van der Waals surface area (Å²) in [4.78, 5) is 9.26. The minimum atomic E-state index is -3.05. The lowest BCUT2D eigenvalue weighted by Gasteiger charge is -2.35. The minimum Gasteiger partial charge on any atom is -0.350 e. The van der Waals surface area contributed by atoms with Gasteiger partial charge in [-0.15, -0.1) is 10.8 Å². The molecular weight excluding hydrogens is 350 g/mol. The summed E-state index contributed by atoms with van der Waals surface area (Å²) < 4.78 is 23.5. The highest BCUT2D eigenvalue weighted by molar-refractivity contribution is 8.22. The fourth-order valence-corrected chi connectivity index (χ4v) is 3.60. The summed E-state index contributed by atoms with van der Waals surface area (Å²) in [5.41, 5.74) is 1.46. The van der Waals surface area contributed by atoms with Gasteiger partial charge in [0.1, 0.15) is 5.82 Å². The van der Waals surface area contributed by atoms with Crippen LogP contribution in [0.5, 0.6) is 0 Å². The van der Waals surface area contributed by atoms with Crippen molar-refractivity contribution in [2.75, 3.05) is 10.6 Å². The average Bonchev–Trinajstić information content (AvgIpc) is 2.48. The van der Waals surface area contributed by atoms with Crippen molar-refractivity contribution in [3.8, 4) is 0 Å². The van der Waals surface area contributed by atoms with Gasteiger partial charge in [0.15, 0.2) is 0 Å². The fraction of sp³-hybridized carbons (Fsp3) is 0.444. The number of nitrogens with zero attached hydrogens (tertiary/aromatic N) is 2. The zero-order chi connectivity index (χ0) is 19.5. The number of hydrogen-bond acceptors (Lipinski definition) is 7. The molecule has 0 unspecified atom stereocenters.